The fourth-order valence-corrected chi connectivity index (χ4v) is 2.60. The Morgan fingerprint density at radius 3 is 2.37 bits per heavy atom. The number of carbonyl (C=O) groups is 1. The van der Waals surface area contributed by atoms with Crippen molar-refractivity contribution in [3.05, 3.63) is 89.1 Å². The number of halogens is 1. The van der Waals surface area contributed by atoms with E-state index in [1.807, 2.05) is 25.1 Å². The van der Waals surface area contributed by atoms with Crippen LogP contribution in [0.2, 0.25) is 0 Å². The lowest BCUT2D eigenvalue weighted by Crippen LogP contribution is -2.34. The first kappa shape index (κ1) is 18.2. The summed E-state index contributed by atoms with van der Waals surface area (Å²) in [6, 6.07) is 18.0. The van der Waals surface area contributed by atoms with Crippen LogP contribution in [0.1, 0.15) is 22.6 Å². The SMILES string of the molecule is Cc1ccc(CN(Cc2ccc(F)cc2)C(=O)Nc2ccc(C#N)cc2)o1. The van der Waals surface area contributed by atoms with E-state index in [4.69, 9.17) is 9.68 Å². The molecule has 5 nitrogen and oxygen atoms in total. The molecule has 0 saturated carbocycles. The van der Waals surface area contributed by atoms with Crippen molar-refractivity contribution in [2.75, 3.05) is 5.32 Å². The van der Waals surface area contributed by atoms with Crippen LogP contribution in [0.3, 0.4) is 0 Å². The van der Waals surface area contributed by atoms with E-state index < -0.39 is 0 Å². The molecule has 136 valence electrons. The Labute approximate surface area is 156 Å². The minimum atomic E-state index is -0.325. The second-order valence-corrected chi connectivity index (χ2v) is 6.11. The number of nitrogens with one attached hydrogen (secondary N) is 1. The maximum absolute atomic E-state index is 13.2. The highest BCUT2D eigenvalue weighted by molar-refractivity contribution is 5.89. The Morgan fingerprint density at radius 1 is 1.07 bits per heavy atom. The van der Waals surface area contributed by atoms with Gasteiger partial charge in [0.25, 0.3) is 0 Å². The number of carbonyl (C=O) groups excluding carboxylic acids is 1. The van der Waals surface area contributed by atoms with Gasteiger partial charge in [-0.25, -0.2) is 9.18 Å². The van der Waals surface area contributed by atoms with E-state index in [9.17, 15) is 9.18 Å². The summed E-state index contributed by atoms with van der Waals surface area (Å²) < 4.78 is 18.7. The summed E-state index contributed by atoms with van der Waals surface area (Å²) in [6.45, 7) is 2.40. The van der Waals surface area contributed by atoms with Crippen molar-refractivity contribution in [1.29, 1.82) is 5.26 Å². The number of nitriles is 1. The molecule has 0 bridgehead atoms. The third kappa shape index (κ3) is 4.95. The van der Waals surface area contributed by atoms with Gasteiger partial charge in [0.15, 0.2) is 0 Å². The Kier molecular flexibility index (Phi) is 5.53. The highest BCUT2D eigenvalue weighted by atomic mass is 19.1. The van der Waals surface area contributed by atoms with Crippen LogP contribution in [-0.4, -0.2) is 10.9 Å². The summed E-state index contributed by atoms with van der Waals surface area (Å²) in [5.41, 5.74) is 1.90. The monoisotopic (exact) mass is 363 g/mol. The Balaban J connectivity index is 1.77. The average molecular weight is 363 g/mol. The third-order valence-electron chi connectivity index (χ3n) is 3.98. The van der Waals surface area contributed by atoms with Gasteiger partial charge < -0.3 is 14.6 Å². The van der Waals surface area contributed by atoms with E-state index in [1.165, 1.54) is 12.1 Å². The highest BCUT2D eigenvalue weighted by Crippen LogP contribution is 2.16. The Morgan fingerprint density at radius 2 is 1.78 bits per heavy atom. The molecule has 3 rings (SSSR count). The van der Waals surface area contributed by atoms with Gasteiger partial charge in [0, 0.05) is 12.2 Å². The van der Waals surface area contributed by atoms with Gasteiger partial charge in [0.2, 0.25) is 0 Å². The fraction of sp³-hybridized carbons (Fsp3) is 0.143. The molecule has 3 aromatic rings. The summed E-state index contributed by atoms with van der Waals surface area (Å²) in [4.78, 5) is 14.4. The molecule has 0 radical (unpaired) electrons. The third-order valence-corrected chi connectivity index (χ3v) is 3.98. The molecule has 6 heteroatoms. The molecular weight excluding hydrogens is 345 g/mol. The molecule has 1 heterocycles. The molecule has 2 amide bonds. The van der Waals surface area contributed by atoms with Crippen LogP contribution >= 0.6 is 0 Å². The maximum atomic E-state index is 13.2. The lowest BCUT2D eigenvalue weighted by atomic mass is 10.2. The number of urea groups is 1. The fourth-order valence-electron chi connectivity index (χ4n) is 2.60. The summed E-state index contributed by atoms with van der Waals surface area (Å²) in [6.07, 6.45) is 0. The predicted molar refractivity (Wildman–Crippen MR) is 99.3 cm³/mol. The zero-order valence-corrected chi connectivity index (χ0v) is 14.8. The van der Waals surface area contributed by atoms with Gasteiger partial charge in [-0.05, 0) is 61.0 Å². The van der Waals surface area contributed by atoms with E-state index in [0.717, 1.165) is 11.3 Å². The molecule has 1 aromatic heterocycles. The van der Waals surface area contributed by atoms with Crippen molar-refractivity contribution in [2.24, 2.45) is 0 Å². The number of nitrogens with zero attached hydrogens (tertiary/aromatic N) is 2. The molecule has 0 aliphatic heterocycles. The standard InChI is InChI=1S/C21H18FN3O2/c1-15-2-11-20(27-15)14-25(13-17-3-7-18(22)8-4-17)21(26)24-19-9-5-16(12-23)6-10-19/h2-11H,13-14H2,1H3,(H,24,26). The largest absolute Gasteiger partial charge is 0.464 e. The van der Waals surface area contributed by atoms with E-state index in [2.05, 4.69) is 5.32 Å². The minimum Gasteiger partial charge on any atom is -0.464 e. The quantitative estimate of drug-likeness (QED) is 0.706. The van der Waals surface area contributed by atoms with Crippen molar-refractivity contribution < 1.29 is 13.6 Å². The van der Waals surface area contributed by atoms with Crippen LogP contribution in [0.5, 0.6) is 0 Å². The predicted octanol–water partition coefficient (Wildman–Crippen LogP) is 4.83. The number of furan rings is 1. The van der Waals surface area contributed by atoms with Gasteiger partial charge in [-0.1, -0.05) is 12.1 Å². The molecule has 0 atom stereocenters. The highest BCUT2D eigenvalue weighted by Gasteiger charge is 2.17. The minimum absolute atomic E-state index is 0.271. The number of benzene rings is 2. The van der Waals surface area contributed by atoms with Gasteiger partial charge in [-0.15, -0.1) is 0 Å². The molecule has 0 unspecified atom stereocenters. The van der Waals surface area contributed by atoms with Crippen molar-refractivity contribution >= 4 is 11.7 Å². The zero-order chi connectivity index (χ0) is 19.2. The van der Waals surface area contributed by atoms with Crippen molar-refractivity contribution in [3.63, 3.8) is 0 Å². The number of aryl methyl sites for hydroxylation is 1. The van der Waals surface area contributed by atoms with E-state index in [1.54, 1.807) is 41.3 Å². The van der Waals surface area contributed by atoms with Crippen molar-refractivity contribution in [3.8, 4) is 6.07 Å². The van der Waals surface area contributed by atoms with Gasteiger partial charge in [-0.3, -0.25) is 0 Å². The Bertz CT molecular complexity index is 956. The normalized spacial score (nSPS) is 10.3. The van der Waals surface area contributed by atoms with Crippen LogP contribution in [0.4, 0.5) is 14.9 Å². The molecule has 0 spiro atoms. The van der Waals surface area contributed by atoms with Crippen LogP contribution in [0.15, 0.2) is 65.1 Å². The number of hydrogen-bond acceptors (Lipinski definition) is 3. The number of rotatable bonds is 5. The summed E-state index contributed by atoms with van der Waals surface area (Å²) >= 11 is 0. The van der Waals surface area contributed by atoms with Crippen molar-refractivity contribution in [1.82, 2.24) is 4.90 Å². The average Bonchev–Trinajstić information content (AvgIpc) is 3.08. The molecule has 0 aliphatic carbocycles. The van der Waals surface area contributed by atoms with Crippen molar-refractivity contribution in [2.45, 2.75) is 20.0 Å². The lowest BCUT2D eigenvalue weighted by molar-refractivity contribution is 0.201. The van der Waals surface area contributed by atoms with E-state index >= 15 is 0 Å². The molecule has 0 saturated heterocycles. The number of hydrogen-bond donors (Lipinski definition) is 1. The second kappa shape index (κ2) is 8.19. The van der Waals surface area contributed by atoms with Crippen LogP contribution in [0, 0.1) is 24.1 Å². The van der Waals surface area contributed by atoms with Gasteiger partial charge >= 0.3 is 6.03 Å². The van der Waals surface area contributed by atoms with E-state index in [-0.39, 0.29) is 18.4 Å². The Hall–Kier alpha value is -3.59. The molecular formula is C21H18FN3O2. The first-order valence-electron chi connectivity index (χ1n) is 8.39. The first-order chi connectivity index (χ1) is 13.0. The van der Waals surface area contributed by atoms with Crippen LogP contribution in [0.25, 0.3) is 0 Å². The summed E-state index contributed by atoms with van der Waals surface area (Å²) in [5.74, 6) is 1.10. The second-order valence-electron chi connectivity index (χ2n) is 6.11. The molecule has 2 aromatic carbocycles. The van der Waals surface area contributed by atoms with Gasteiger partial charge in [0.05, 0.1) is 18.2 Å². The molecule has 27 heavy (non-hydrogen) atoms. The topological polar surface area (TPSA) is 69.3 Å². The zero-order valence-electron chi connectivity index (χ0n) is 14.8. The molecule has 0 fully saturated rings. The summed E-state index contributed by atoms with van der Waals surface area (Å²) in [5, 5.41) is 11.7. The molecule has 0 aliphatic rings. The lowest BCUT2D eigenvalue weighted by Gasteiger charge is -2.22. The van der Waals surface area contributed by atoms with Gasteiger partial charge in [-0.2, -0.15) is 5.26 Å². The molecule has 1 N–H and O–H groups in total. The maximum Gasteiger partial charge on any atom is 0.322 e. The van der Waals surface area contributed by atoms with E-state index in [0.29, 0.717) is 23.6 Å². The van der Waals surface area contributed by atoms with Crippen LogP contribution < -0.4 is 5.32 Å². The number of amides is 2. The summed E-state index contributed by atoms with van der Waals surface area (Å²) in [7, 11) is 0. The van der Waals surface area contributed by atoms with Crippen LogP contribution in [-0.2, 0) is 13.1 Å². The van der Waals surface area contributed by atoms with Gasteiger partial charge in [0.1, 0.15) is 17.3 Å². The first-order valence-corrected chi connectivity index (χ1v) is 8.39. The number of anilines is 1. The smallest absolute Gasteiger partial charge is 0.322 e.